The summed E-state index contributed by atoms with van der Waals surface area (Å²) in [5.41, 5.74) is 0. The third-order valence-electron chi connectivity index (χ3n) is 1.48. The van der Waals surface area contributed by atoms with E-state index in [0.29, 0.717) is 11.0 Å². The first-order chi connectivity index (χ1) is 6.20. The molecule has 0 aromatic heterocycles. The van der Waals surface area contributed by atoms with Crippen LogP contribution in [0.2, 0.25) is 0 Å². The molecule has 4 nitrogen and oxygen atoms in total. The number of likely N-dealkylation sites (N-methyl/N-ethyl adjacent to an activating group) is 1. The minimum atomic E-state index is -0.405. The first-order valence-electron chi connectivity index (χ1n) is 4.38. The van der Waals surface area contributed by atoms with Crippen molar-refractivity contribution in [3.8, 4) is 0 Å². The Balaban J connectivity index is 4.24. The number of hydrogen-bond acceptors (Lipinski definition) is 4. The van der Waals surface area contributed by atoms with Crippen molar-refractivity contribution in [3.05, 3.63) is 0 Å². The third-order valence-corrected chi connectivity index (χ3v) is 1.64. The van der Waals surface area contributed by atoms with Gasteiger partial charge in [-0.2, -0.15) is 0 Å². The van der Waals surface area contributed by atoms with Crippen LogP contribution in [0.15, 0.2) is 0 Å². The molecule has 0 amide bonds. The average molecular weight is 219 g/mol. The van der Waals surface area contributed by atoms with E-state index in [2.05, 4.69) is 12.6 Å². The molecule has 0 fully saturated rings. The largest absolute Gasteiger partial charge is 0.742 e. The summed E-state index contributed by atoms with van der Waals surface area (Å²) in [5.74, 6) is -0.375. The molecule has 0 saturated carbocycles. The molecular weight excluding hydrogens is 202 g/mol. The molecule has 0 rings (SSSR count). The van der Waals surface area contributed by atoms with Crippen molar-refractivity contribution in [2.45, 2.75) is 19.4 Å². The summed E-state index contributed by atoms with van der Waals surface area (Å²) in [4.78, 5) is 21.5. The van der Waals surface area contributed by atoms with Gasteiger partial charge in [-0.05, 0) is 0 Å². The van der Waals surface area contributed by atoms with Gasteiger partial charge in [-0.3, -0.25) is 4.79 Å². The molecule has 0 aromatic rings. The number of quaternary nitrogens is 1. The predicted octanol–water partition coefficient (Wildman–Crippen LogP) is 0.0879. The highest BCUT2D eigenvalue weighted by atomic mass is 32.1. The SMILES string of the molecule is CC(=O)OC(CC(=O)[S-])C[N+](C)(C)C. The Hall–Kier alpha value is -0.680. The van der Waals surface area contributed by atoms with Gasteiger partial charge in [0.15, 0.2) is 6.10 Å². The lowest BCUT2D eigenvalue weighted by Crippen LogP contribution is -2.43. The number of rotatable bonds is 5. The van der Waals surface area contributed by atoms with Crippen molar-refractivity contribution in [3.63, 3.8) is 0 Å². The fraction of sp³-hybridized carbons (Fsp3) is 0.778. The molecule has 0 aliphatic heterocycles. The maximum Gasteiger partial charge on any atom is 0.303 e. The number of ether oxygens (including phenoxy) is 1. The fourth-order valence-corrected chi connectivity index (χ4v) is 1.36. The van der Waals surface area contributed by atoms with Crippen LogP contribution in [0.25, 0.3) is 0 Å². The molecule has 0 N–H and O–H groups in total. The first kappa shape index (κ1) is 13.3. The van der Waals surface area contributed by atoms with Gasteiger partial charge in [0.05, 0.1) is 21.1 Å². The minimum absolute atomic E-state index is 0.116. The van der Waals surface area contributed by atoms with Gasteiger partial charge in [0.1, 0.15) is 6.54 Å². The van der Waals surface area contributed by atoms with Gasteiger partial charge < -0.3 is 26.6 Å². The van der Waals surface area contributed by atoms with Gasteiger partial charge in [0.2, 0.25) is 0 Å². The lowest BCUT2D eigenvalue weighted by atomic mass is 10.2. The highest BCUT2D eigenvalue weighted by Crippen LogP contribution is 2.05. The molecule has 0 saturated heterocycles. The van der Waals surface area contributed by atoms with Crippen LogP contribution in [0, 0.1) is 0 Å². The lowest BCUT2D eigenvalue weighted by Gasteiger charge is -2.29. The molecule has 0 radical (unpaired) electrons. The van der Waals surface area contributed by atoms with Crippen LogP contribution >= 0.6 is 0 Å². The predicted molar refractivity (Wildman–Crippen MR) is 55.4 cm³/mol. The van der Waals surface area contributed by atoms with Crippen molar-refractivity contribution >= 4 is 23.7 Å². The highest BCUT2D eigenvalue weighted by Gasteiger charge is 2.20. The molecule has 82 valence electrons. The second-order valence-corrected chi connectivity index (χ2v) is 4.74. The van der Waals surface area contributed by atoms with Crippen LogP contribution in [0.3, 0.4) is 0 Å². The Kier molecular flexibility index (Phi) is 5.01. The monoisotopic (exact) mass is 219 g/mol. The van der Waals surface area contributed by atoms with Crippen LogP contribution in [0.5, 0.6) is 0 Å². The Morgan fingerprint density at radius 3 is 2.14 bits per heavy atom. The van der Waals surface area contributed by atoms with Crippen LogP contribution < -0.4 is 0 Å². The summed E-state index contributed by atoms with van der Waals surface area (Å²) in [6.07, 6.45) is -0.290. The molecule has 0 aliphatic carbocycles. The Labute approximate surface area is 90.2 Å². The van der Waals surface area contributed by atoms with E-state index in [1.54, 1.807) is 0 Å². The van der Waals surface area contributed by atoms with Crippen LogP contribution in [0.1, 0.15) is 13.3 Å². The van der Waals surface area contributed by atoms with Crippen molar-refractivity contribution in [2.75, 3.05) is 27.7 Å². The summed E-state index contributed by atoms with van der Waals surface area (Å²) >= 11 is 4.46. The summed E-state index contributed by atoms with van der Waals surface area (Å²) < 4.78 is 5.62. The van der Waals surface area contributed by atoms with Crippen molar-refractivity contribution < 1.29 is 18.8 Å². The van der Waals surface area contributed by atoms with Crippen LogP contribution in [-0.4, -0.2) is 49.4 Å². The molecular formula is C9H17NO3S. The van der Waals surface area contributed by atoms with Gasteiger partial charge in [-0.25, -0.2) is 0 Å². The lowest BCUT2D eigenvalue weighted by molar-refractivity contribution is -0.873. The van der Waals surface area contributed by atoms with E-state index in [-0.39, 0.29) is 17.5 Å². The molecule has 1 unspecified atom stereocenters. The summed E-state index contributed by atoms with van der Waals surface area (Å²) in [6, 6.07) is 0. The standard InChI is InChI=1S/C9H17NO3S/c1-7(11)13-8(5-9(12)14)6-10(2,3)4/h8H,5-6H2,1-4H3. The van der Waals surface area contributed by atoms with E-state index in [0.717, 1.165) is 0 Å². The Bertz CT molecular complexity index is 207. The summed E-state index contributed by atoms with van der Waals surface area (Å²) in [6.45, 7) is 1.92. The van der Waals surface area contributed by atoms with E-state index >= 15 is 0 Å². The average Bonchev–Trinajstić information content (AvgIpc) is 1.77. The number of nitrogens with zero attached hydrogens (tertiary/aromatic N) is 1. The van der Waals surface area contributed by atoms with E-state index in [1.165, 1.54) is 6.92 Å². The zero-order chi connectivity index (χ0) is 11.4. The van der Waals surface area contributed by atoms with Crippen molar-refractivity contribution in [1.29, 1.82) is 0 Å². The van der Waals surface area contributed by atoms with Crippen LogP contribution in [-0.2, 0) is 27.0 Å². The van der Waals surface area contributed by atoms with E-state index in [4.69, 9.17) is 4.74 Å². The van der Waals surface area contributed by atoms with E-state index in [9.17, 15) is 9.59 Å². The van der Waals surface area contributed by atoms with Gasteiger partial charge in [0.25, 0.3) is 0 Å². The van der Waals surface area contributed by atoms with Crippen molar-refractivity contribution in [1.82, 2.24) is 0 Å². The topological polar surface area (TPSA) is 43.4 Å². The second kappa shape index (κ2) is 5.26. The molecule has 1 atom stereocenters. The summed E-state index contributed by atoms with van der Waals surface area (Å²) in [7, 11) is 5.89. The first-order valence-corrected chi connectivity index (χ1v) is 4.79. The van der Waals surface area contributed by atoms with Gasteiger partial charge >= 0.3 is 5.97 Å². The molecule has 14 heavy (non-hydrogen) atoms. The van der Waals surface area contributed by atoms with Crippen LogP contribution in [0.4, 0.5) is 0 Å². The molecule has 5 heteroatoms. The minimum Gasteiger partial charge on any atom is -0.742 e. The smallest absolute Gasteiger partial charge is 0.303 e. The van der Waals surface area contributed by atoms with E-state index in [1.807, 2.05) is 21.1 Å². The number of carbonyl (C=O) groups excluding carboxylic acids is 2. The Morgan fingerprint density at radius 1 is 1.36 bits per heavy atom. The fourth-order valence-electron chi connectivity index (χ4n) is 1.17. The quantitative estimate of drug-likeness (QED) is 0.373. The number of esters is 1. The van der Waals surface area contributed by atoms with Gasteiger partial charge in [-0.15, -0.1) is 0 Å². The zero-order valence-corrected chi connectivity index (χ0v) is 9.89. The number of hydrogen-bond donors (Lipinski definition) is 0. The molecule has 0 spiro atoms. The maximum atomic E-state index is 10.7. The third kappa shape index (κ3) is 7.94. The molecule has 0 bridgehead atoms. The second-order valence-electron chi connectivity index (χ2n) is 4.28. The molecule has 0 aromatic carbocycles. The zero-order valence-electron chi connectivity index (χ0n) is 9.07. The maximum absolute atomic E-state index is 10.7. The molecule has 0 aliphatic rings. The Morgan fingerprint density at radius 2 is 1.86 bits per heavy atom. The highest BCUT2D eigenvalue weighted by molar-refractivity contribution is 7.77. The number of carbonyl (C=O) groups is 2. The normalized spacial score (nSPS) is 13.4. The summed E-state index contributed by atoms with van der Waals surface area (Å²) in [5, 5.41) is -0.371. The van der Waals surface area contributed by atoms with Crippen molar-refractivity contribution in [2.24, 2.45) is 0 Å². The van der Waals surface area contributed by atoms with Gasteiger partial charge in [-0.1, -0.05) is 0 Å². The van der Waals surface area contributed by atoms with Gasteiger partial charge in [0, 0.05) is 18.5 Å². The van der Waals surface area contributed by atoms with E-state index < -0.39 is 6.10 Å². The molecule has 0 heterocycles.